The summed E-state index contributed by atoms with van der Waals surface area (Å²) in [7, 11) is 5.17. The zero-order valence-corrected chi connectivity index (χ0v) is 15.5. The number of H-pyrrole nitrogens is 1. The normalized spacial score (nSPS) is 11.3. The number of benzene rings is 1. The van der Waals surface area contributed by atoms with E-state index in [9.17, 15) is 4.79 Å². The van der Waals surface area contributed by atoms with Crippen LogP contribution in [-0.4, -0.2) is 67.6 Å². The van der Waals surface area contributed by atoms with Crippen LogP contribution < -0.4 is 10.6 Å². The number of carbonyl (C=O) groups is 1. The lowest BCUT2D eigenvalue weighted by atomic mass is 10.2. The van der Waals surface area contributed by atoms with E-state index in [0.29, 0.717) is 25.7 Å². The fourth-order valence-electron chi connectivity index (χ4n) is 2.41. The summed E-state index contributed by atoms with van der Waals surface area (Å²) in [5, 5.41) is 5.79. The van der Waals surface area contributed by atoms with E-state index in [1.54, 1.807) is 14.2 Å². The van der Waals surface area contributed by atoms with Crippen LogP contribution in [0.5, 0.6) is 0 Å². The van der Waals surface area contributed by atoms with Gasteiger partial charge in [-0.05, 0) is 5.56 Å². The third-order valence-corrected chi connectivity index (χ3v) is 3.71. The molecule has 0 unspecified atom stereocenters. The predicted octanol–water partition coefficient (Wildman–Crippen LogP) is 0.847. The Bertz CT molecular complexity index is 713. The number of aromatic nitrogens is 2. The Hall–Kier alpha value is -2.87. The van der Waals surface area contributed by atoms with Gasteiger partial charge in [0.05, 0.1) is 31.6 Å². The molecule has 8 nitrogen and oxygen atoms in total. The second-order valence-electron chi connectivity index (χ2n) is 5.71. The second-order valence-corrected chi connectivity index (χ2v) is 5.71. The number of aromatic amines is 1. The van der Waals surface area contributed by atoms with E-state index in [4.69, 9.17) is 4.74 Å². The average Bonchev–Trinajstić information content (AvgIpc) is 3.11. The van der Waals surface area contributed by atoms with Crippen LogP contribution in [0, 0.1) is 0 Å². The van der Waals surface area contributed by atoms with Crippen molar-refractivity contribution in [1.82, 2.24) is 25.5 Å². The van der Waals surface area contributed by atoms with Crippen LogP contribution in [0.25, 0.3) is 11.3 Å². The molecular weight excluding hydrogens is 332 g/mol. The van der Waals surface area contributed by atoms with Gasteiger partial charge in [-0.15, -0.1) is 0 Å². The summed E-state index contributed by atoms with van der Waals surface area (Å²) in [4.78, 5) is 25.6. The number of ether oxygens (including phenoxy) is 1. The number of hydrogen-bond acceptors (Lipinski definition) is 4. The maximum absolute atomic E-state index is 11.8. The molecule has 140 valence electrons. The van der Waals surface area contributed by atoms with Crippen molar-refractivity contribution < 1.29 is 9.53 Å². The van der Waals surface area contributed by atoms with Gasteiger partial charge in [-0.3, -0.25) is 9.79 Å². The van der Waals surface area contributed by atoms with Crippen LogP contribution in [0.1, 0.15) is 5.82 Å². The fraction of sp³-hybridized carbons (Fsp3) is 0.389. The lowest BCUT2D eigenvalue weighted by molar-refractivity contribution is -0.120. The number of methoxy groups -OCH3 is 1. The molecule has 0 saturated carbocycles. The number of rotatable bonds is 8. The zero-order valence-electron chi connectivity index (χ0n) is 15.5. The Morgan fingerprint density at radius 2 is 2.08 bits per heavy atom. The van der Waals surface area contributed by atoms with Gasteiger partial charge in [0, 0.05) is 27.7 Å². The Morgan fingerprint density at radius 1 is 1.31 bits per heavy atom. The van der Waals surface area contributed by atoms with Crippen LogP contribution in [-0.2, 0) is 16.1 Å². The van der Waals surface area contributed by atoms with Crippen molar-refractivity contribution in [2.24, 2.45) is 4.99 Å². The van der Waals surface area contributed by atoms with E-state index in [1.807, 2.05) is 48.5 Å². The highest BCUT2D eigenvalue weighted by Crippen LogP contribution is 2.16. The second kappa shape index (κ2) is 10.2. The number of aliphatic imine (C=N–C) groups is 1. The maximum atomic E-state index is 11.8. The van der Waals surface area contributed by atoms with Gasteiger partial charge in [-0.25, -0.2) is 4.98 Å². The number of nitrogens with zero attached hydrogens (tertiary/aromatic N) is 3. The lowest BCUT2D eigenvalue weighted by Crippen LogP contribution is -2.44. The largest absolute Gasteiger partial charge is 0.383 e. The number of hydrogen-bond donors (Lipinski definition) is 3. The monoisotopic (exact) mass is 358 g/mol. The standard InChI is InChI=1S/C18H26N6O2/c1-19-18(22-12-17(25)20-9-10-26-3)24(2)13-16-21-11-15(23-16)14-7-5-4-6-8-14/h4-8,11H,9-10,12-13H2,1-3H3,(H,19,22)(H,20,25)(H,21,23). The molecule has 1 aromatic heterocycles. The molecule has 0 atom stereocenters. The smallest absolute Gasteiger partial charge is 0.239 e. The van der Waals surface area contributed by atoms with Crippen molar-refractivity contribution in [2.45, 2.75) is 6.54 Å². The zero-order chi connectivity index (χ0) is 18.8. The third kappa shape index (κ3) is 5.89. The fourth-order valence-corrected chi connectivity index (χ4v) is 2.41. The van der Waals surface area contributed by atoms with Crippen LogP contribution in [0.2, 0.25) is 0 Å². The molecule has 0 radical (unpaired) electrons. The number of nitrogens with one attached hydrogen (secondary N) is 3. The SMILES string of the molecule is CN=C(NCC(=O)NCCOC)N(C)Cc1ncc(-c2ccccc2)[nH]1. The first-order valence-corrected chi connectivity index (χ1v) is 8.40. The van der Waals surface area contributed by atoms with Crippen molar-refractivity contribution in [3.8, 4) is 11.3 Å². The van der Waals surface area contributed by atoms with Crippen LogP contribution >= 0.6 is 0 Å². The molecule has 3 N–H and O–H groups in total. The van der Waals surface area contributed by atoms with Gasteiger partial charge in [0.15, 0.2) is 5.96 Å². The first kappa shape index (κ1) is 19.5. The maximum Gasteiger partial charge on any atom is 0.239 e. The van der Waals surface area contributed by atoms with E-state index in [2.05, 4.69) is 25.6 Å². The molecule has 1 heterocycles. The van der Waals surface area contributed by atoms with Crippen molar-refractivity contribution in [3.63, 3.8) is 0 Å². The van der Waals surface area contributed by atoms with Gasteiger partial charge in [-0.2, -0.15) is 0 Å². The minimum atomic E-state index is -0.110. The molecule has 2 aromatic rings. The van der Waals surface area contributed by atoms with Gasteiger partial charge in [0.25, 0.3) is 0 Å². The highest BCUT2D eigenvalue weighted by molar-refractivity contribution is 5.86. The molecule has 26 heavy (non-hydrogen) atoms. The highest BCUT2D eigenvalue weighted by atomic mass is 16.5. The molecular formula is C18H26N6O2. The highest BCUT2D eigenvalue weighted by Gasteiger charge is 2.11. The Morgan fingerprint density at radius 3 is 2.77 bits per heavy atom. The van der Waals surface area contributed by atoms with E-state index in [0.717, 1.165) is 17.1 Å². The van der Waals surface area contributed by atoms with Crippen LogP contribution in [0.4, 0.5) is 0 Å². The molecule has 8 heteroatoms. The average molecular weight is 358 g/mol. The number of guanidine groups is 1. The van der Waals surface area contributed by atoms with Crippen molar-refractivity contribution in [2.75, 3.05) is 40.9 Å². The summed E-state index contributed by atoms with van der Waals surface area (Å²) in [6.07, 6.45) is 1.82. The number of amides is 1. The van der Waals surface area contributed by atoms with Crippen LogP contribution in [0.15, 0.2) is 41.5 Å². The minimum Gasteiger partial charge on any atom is -0.383 e. The Kier molecular flexibility index (Phi) is 7.63. The molecule has 0 saturated heterocycles. The van der Waals surface area contributed by atoms with E-state index in [1.165, 1.54) is 0 Å². The summed E-state index contributed by atoms with van der Waals surface area (Å²) in [5.41, 5.74) is 2.05. The van der Waals surface area contributed by atoms with Gasteiger partial charge >= 0.3 is 0 Å². The molecule has 2 rings (SSSR count). The third-order valence-electron chi connectivity index (χ3n) is 3.71. The van der Waals surface area contributed by atoms with Gasteiger partial charge in [-0.1, -0.05) is 30.3 Å². The molecule has 0 aliphatic carbocycles. The molecule has 0 aliphatic heterocycles. The van der Waals surface area contributed by atoms with E-state index >= 15 is 0 Å². The van der Waals surface area contributed by atoms with Crippen molar-refractivity contribution in [3.05, 3.63) is 42.4 Å². The summed E-state index contributed by atoms with van der Waals surface area (Å²) in [5.74, 6) is 1.32. The Balaban J connectivity index is 1.86. The minimum absolute atomic E-state index is 0.110. The van der Waals surface area contributed by atoms with Crippen molar-refractivity contribution in [1.29, 1.82) is 0 Å². The quantitative estimate of drug-likeness (QED) is 0.369. The van der Waals surface area contributed by atoms with Gasteiger partial charge in [0.2, 0.25) is 5.91 Å². The van der Waals surface area contributed by atoms with Crippen LogP contribution in [0.3, 0.4) is 0 Å². The molecule has 0 spiro atoms. The van der Waals surface area contributed by atoms with Gasteiger partial charge in [0.1, 0.15) is 5.82 Å². The first-order chi connectivity index (χ1) is 12.6. The van der Waals surface area contributed by atoms with Crippen molar-refractivity contribution >= 4 is 11.9 Å². The summed E-state index contributed by atoms with van der Waals surface area (Å²) in [6, 6.07) is 10.0. The predicted molar refractivity (Wildman–Crippen MR) is 102 cm³/mol. The molecule has 0 bridgehead atoms. The summed E-state index contributed by atoms with van der Waals surface area (Å²) in [6.45, 7) is 1.66. The Labute approximate surface area is 153 Å². The van der Waals surface area contributed by atoms with E-state index < -0.39 is 0 Å². The summed E-state index contributed by atoms with van der Waals surface area (Å²) < 4.78 is 4.90. The first-order valence-electron chi connectivity index (χ1n) is 8.40. The molecule has 0 fully saturated rings. The topological polar surface area (TPSA) is 94.6 Å². The molecule has 1 aromatic carbocycles. The summed E-state index contributed by atoms with van der Waals surface area (Å²) >= 11 is 0. The van der Waals surface area contributed by atoms with Gasteiger partial charge < -0.3 is 25.3 Å². The lowest BCUT2D eigenvalue weighted by Gasteiger charge is -2.20. The molecule has 0 aliphatic rings. The number of carbonyl (C=O) groups excluding carboxylic acids is 1. The number of imidazole rings is 1. The van der Waals surface area contributed by atoms with E-state index in [-0.39, 0.29) is 12.5 Å². The molecule has 1 amide bonds.